The molecule has 0 aromatic heterocycles. The molecule has 0 saturated carbocycles. The van der Waals surface area contributed by atoms with Gasteiger partial charge in [-0.05, 0) is 6.42 Å². The van der Waals surface area contributed by atoms with Crippen LogP contribution in [0.3, 0.4) is 0 Å². The van der Waals surface area contributed by atoms with Crippen molar-refractivity contribution in [1.29, 1.82) is 0 Å². The second-order valence-corrected chi connectivity index (χ2v) is 2.49. The minimum Gasteiger partial charge on any atom is -0.416 e. The topological polar surface area (TPSA) is 87.6 Å². The van der Waals surface area contributed by atoms with Crippen molar-refractivity contribution >= 4 is 6.09 Å². The van der Waals surface area contributed by atoms with Crippen molar-refractivity contribution in [1.82, 2.24) is 0 Å². The van der Waals surface area contributed by atoms with Gasteiger partial charge in [-0.15, -0.1) is 0 Å². The van der Waals surface area contributed by atoms with Gasteiger partial charge in [0.1, 0.15) is 0 Å². The highest BCUT2D eigenvalue weighted by Crippen LogP contribution is 2.25. The maximum Gasteiger partial charge on any atom is 0.407 e. The smallest absolute Gasteiger partial charge is 0.407 e. The number of primary amides is 1. The number of nitrogens with two attached hydrogens (primary N) is 2. The molecule has 1 atom stereocenters. The van der Waals surface area contributed by atoms with E-state index in [0.717, 1.165) is 6.42 Å². The lowest BCUT2D eigenvalue weighted by atomic mass is 10.2. The third-order valence-electron chi connectivity index (χ3n) is 1.66. The average Bonchev–Trinajstić information content (AvgIpc) is 2.36. The van der Waals surface area contributed by atoms with E-state index in [1.54, 1.807) is 0 Å². The Hall–Kier alpha value is -0.810. The molecular formula is C6H12N2O3. The number of carbonyl (C=O) groups excluding carboxylic acids is 1. The van der Waals surface area contributed by atoms with Crippen LogP contribution in [0.25, 0.3) is 0 Å². The van der Waals surface area contributed by atoms with Gasteiger partial charge in [-0.3, -0.25) is 0 Å². The molecular weight excluding hydrogens is 148 g/mol. The van der Waals surface area contributed by atoms with Crippen molar-refractivity contribution in [3.63, 3.8) is 0 Å². The average molecular weight is 160 g/mol. The van der Waals surface area contributed by atoms with E-state index in [1.807, 2.05) is 0 Å². The highest BCUT2D eigenvalue weighted by Gasteiger charge is 2.37. The molecule has 1 fully saturated rings. The second-order valence-electron chi connectivity index (χ2n) is 2.49. The third kappa shape index (κ3) is 1.81. The van der Waals surface area contributed by atoms with E-state index >= 15 is 0 Å². The Kier molecular flexibility index (Phi) is 2.31. The standard InChI is InChI=1S/C6H12N2O3/c7-4-6(11-5(8)9)2-1-3-10-6/h1-4,7H2,(H2,8,9). The molecule has 0 aromatic rings. The van der Waals surface area contributed by atoms with Crippen molar-refractivity contribution in [2.45, 2.75) is 18.6 Å². The molecule has 64 valence electrons. The molecule has 1 unspecified atom stereocenters. The van der Waals surface area contributed by atoms with Crippen LogP contribution in [-0.2, 0) is 9.47 Å². The van der Waals surface area contributed by atoms with Crippen LogP contribution in [0.5, 0.6) is 0 Å². The van der Waals surface area contributed by atoms with Crippen LogP contribution in [0.1, 0.15) is 12.8 Å². The van der Waals surface area contributed by atoms with Crippen LogP contribution in [0.2, 0.25) is 0 Å². The minimum atomic E-state index is -0.939. The summed E-state index contributed by atoms with van der Waals surface area (Å²) in [6, 6.07) is 0. The SMILES string of the molecule is NCC1(OC(N)=O)CCCO1. The van der Waals surface area contributed by atoms with Gasteiger partial charge in [0, 0.05) is 6.42 Å². The van der Waals surface area contributed by atoms with E-state index < -0.39 is 11.9 Å². The zero-order valence-electron chi connectivity index (χ0n) is 6.21. The summed E-state index contributed by atoms with van der Waals surface area (Å²) >= 11 is 0. The molecule has 11 heavy (non-hydrogen) atoms. The number of rotatable bonds is 2. The molecule has 1 rings (SSSR count). The molecule has 1 aliphatic heterocycles. The molecule has 1 heterocycles. The molecule has 1 saturated heterocycles. The molecule has 1 amide bonds. The lowest BCUT2D eigenvalue weighted by Gasteiger charge is -2.24. The number of hydrogen-bond acceptors (Lipinski definition) is 4. The Labute approximate surface area is 64.6 Å². The Morgan fingerprint density at radius 3 is 2.82 bits per heavy atom. The largest absolute Gasteiger partial charge is 0.416 e. The van der Waals surface area contributed by atoms with Gasteiger partial charge in [-0.25, -0.2) is 4.79 Å². The Balaban J connectivity index is 2.52. The lowest BCUT2D eigenvalue weighted by molar-refractivity contribution is -0.161. The predicted octanol–water partition coefficient (Wildman–Crippen LogP) is -0.453. The highest BCUT2D eigenvalue weighted by molar-refractivity contribution is 5.65. The lowest BCUT2D eigenvalue weighted by Crippen LogP contribution is -2.43. The van der Waals surface area contributed by atoms with Crippen LogP contribution >= 0.6 is 0 Å². The fourth-order valence-electron chi connectivity index (χ4n) is 1.14. The van der Waals surface area contributed by atoms with Gasteiger partial charge in [0.15, 0.2) is 0 Å². The molecule has 0 bridgehead atoms. The normalized spacial score (nSPS) is 30.3. The van der Waals surface area contributed by atoms with Crippen LogP contribution < -0.4 is 11.5 Å². The summed E-state index contributed by atoms with van der Waals surface area (Å²) in [5.41, 5.74) is 10.2. The van der Waals surface area contributed by atoms with E-state index in [-0.39, 0.29) is 6.54 Å². The van der Waals surface area contributed by atoms with E-state index in [0.29, 0.717) is 13.0 Å². The van der Waals surface area contributed by atoms with Crippen molar-refractivity contribution in [3.05, 3.63) is 0 Å². The Morgan fingerprint density at radius 1 is 1.73 bits per heavy atom. The first-order chi connectivity index (χ1) is 5.18. The molecule has 5 heteroatoms. The summed E-state index contributed by atoms with van der Waals surface area (Å²) in [5.74, 6) is -0.939. The second kappa shape index (κ2) is 3.06. The zero-order valence-corrected chi connectivity index (χ0v) is 6.21. The number of ether oxygens (including phenoxy) is 2. The monoisotopic (exact) mass is 160 g/mol. The molecule has 0 spiro atoms. The van der Waals surface area contributed by atoms with Crippen LogP contribution in [0, 0.1) is 0 Å². The van der Waals surface area contributed by atoms with Crippen LogP contribution in [-0.4, -0.2) is 25.0 Å². The van der Waals surface area contributed by atoms with E-state index in [9.17, 15) is 4.79 Å². The van der Waals surface area contributed by atoms with Gasteiger partial charge in [0.05, 0.1) is 13.2 Å². The minimum absolute atomic E-state index is 0.163. The molecule has 5 nitrogen and oxygen atoms in total. The quantitative estimate of drug-likeness (QED) is 0.572. The first-order valence-electron chi connectivity index (χ1n) is 3.51. The zero-order chi connectivity index (χ0) is 8.32. The molecule has 0 aromatic carbocycles. The maximum absolute atomic E-state index is 10.4. The Morgan fingerprint density at radius 2 is 2.45 bits per heavy atom. The van der Waals surface area contributed by atoms with Gasteiger partial charge >= 0.3 is 6.09 Å². The third-order valence-corrected chi connectivity index (χ3v) is 1.66. The van der Waals surface area contributed by atoms with Crippen molar-refractivity contribution in [3.8, 4) is 0 Å². The first-order valence-corrected chi connectivity index (χ1v) is 3.51. The molecule has 0 radical (unpaired) electrons. The molecule has 4 N–H and O–H groups in total. The van der Waals surface area contributed by atoms with Gasteiger partial charge in [0.25, 0.3) is 0 Å². The van der Waals surface area contributed by atoms with Gasteiger partial charge < -0.3 is 20.9 Å². The summed E-state index contributed by atoms with van der Waals surface area (Å²) in [4.78, 5) is 10.4. The maximum atomic E-state index is 10.4. The molecule has 1 aliphatic rings. The molecule has 0 aliphatic carbocycles. The fraction of sp³-hybridized carbons (Fsp3) is 0.833. The van der Waals surface area contributed by atoms with E-state index in [4.69, 9.17) is 20.9 Å². The van der Waals surface area contributed by atoms with Gasteiger partial charge in [0.2, 0.25) is 5.79 Å². The van der Waals surface area contributed by atoms with Gasteiger partial charge in [-0.1, -0.05) is 0 Å². The van der Waals surface area contributed by atoms with Crippen molar-refractivity contribution < 1.29 is 14.3 Å². The first kappa shape index (κ1) is 8.29. The summed E-state index contributed by atoms with van der Waals surface area (Å²) in [6.45, 7) is 0.737. The predicted molar refractivity (Wildman–Crippen MR) is 37.6 cm³/mol. The highest BCUT2D eigenvalue weighted by atomic mass is 16.7. The number of carbonyl (C=O) groups is 1. The van der Waals surface area contributed by atoms with Crippen LogP contribution in [0.15, 0.2) is 0 Å². The summed E-state index contributed by atoms with van der Waals surface area (Å²) in [6.07, 6.45) is 0.647. The Bertz CT molecular complexity index is 154. The van der Waals surface area contributed by atoms with Crippen LogP contribution in [0.4, 0.5) is 4.79 Å². The summed E-state index contributed by atoms with van der Waals surface area (Å²) in [7, 11) is 0. The van der Waals surface area contributed by atoms with Crippen molar-refractivity contribution in [2.75, 3.05) is 13.2 Å². The van der Waals surface area contributed by atoms with Crippen molar-refractivity contribution in [2.24, 2.45) is 11.5 Å². The fourth-order valence-corrected chi connectivity index (χ4v) is 1.14. The number of amides is 1. The number of hydrogen-bond donors (Lipinski definition) is 2. The van der Waals surface area contributed by atoms with Gasteiger partial charge in [-0.2, -0.15) is 0 Å². The van der Waals surface area contributed by atoms with E-state index in [1.165, 1.54) is 0 Å². The summed E-state index contributed by atoms with van der Waals surface area (Å²) in [5, 5.41) is 0. The summed E-state index contributed by atoms with van der Waals surface area (Å²) < 4.78 is 9.89. The van der Waals surface area contributed by atoms with E-state index in [2.05, 4.69) is 0 Å².